The maximum Gasteiger partial charge on any atom is 0.261 e. The minimum absolute atomic E-state index is 0.106. The predicted molar refractivity (Wildman–Crippen MR) is 87.2 cm³/mol. The van der Waals surface area contributed by atoms with E-state index in [0.29, 0.717) is 30.2 Å². The van der Waals surface area contributed by atoms with E-state index >= 15 is 0 Å². The molecule has 0 amide bonds. The Labute approximate surface area is 134 Å². The van der Waals surface area contributed by atoms with Gasteiger partial charge in [-0.3, -0.25) is 4.72 Å². The van der Waals surface area contributed by atoms with E-state index in [2.05, 4.69) is 4.72 Å². The fraction of sp³-hybridized carbons (Fsp3) is 0.250. The second-order valence-electron chi connectivity index (χ2n) is 5.47. The van der Waals surface area contributed by atoms with Gasteiger partial charge >= 0.3 is 0 Å². The molecule has 1 aliphatic rings. The molecule has 0 aromatic heterocycles. The first-order valence-corrected chi connectivity index (χ1v) is 8.62. The van der Waals surface area contributed by atoms with Crippen molar-refractivity contribution in [2.75, 3.05) is 29.8 Å². The van der Waals surface area contributed by atoms with E-state index in [1.807, 2.05) is 11.9 Å². The number of hydrogen-bond donors (Lipinski definition) is 1. The first-order chi connectivity index (χ1) is 10.9. The molecule has 0 saturated heterocycles. The van der Waals surface area contributed by atoms with E-state index in [0.717, 1.165) is 0 Å². The zero-order valence-electron chi connectivity index (χ0n) is 12.8. The van der Waals surface area contributed by atoms with Crippen molar-refractivity contribution in [3.8, 4) is 5.75 Å². The summed E-state index contributed by atoms with van der Waals surface area (Å²) in [4.78, 5) is 2.04. The molecule has 0 atom stereocenters. The Bertz CT molecular complexity index is 852. The van der Waals surface area contributed by atoms with Gasteiger partial charge in [0.25, 0.3) is 10.0 Å². The smallest absolute Gasteiger partial charge is 0.261 e. The quantitative estimate of drug-likeness (QED) is 0.936. The molecule has 23 heavy (non-hydrogen) atoms. The van der Waals surface area contributed by atoms with Crippen LogP contribution >= 0.6 is 0 Å². The summed E-state index contributed by atoms with van der Waals surface area (Å²) < 4.78 is 46.5. The van der Waals surface area contributed by atoms with Crippen molar-refractivity contribution >= 4 is 21.4 Å². The van der Waals surface area contributed by atoms with Crippen LogP contribution in [0.25, 0.3) is 0 Å². The molecule has 1 heterocycles. The largest absolute Gasteiger partial charge is 0.490 e. The van der Waals surface area contributed by atoms with E-state index in [1.54, 1.807) is 19.1 Å². The Hall–Kier alpha value is -2.28. The molecule has 5 nitrogen and oxygen atoms in total. The summed E-state index contributed by atoms with van der Waals surface area (Å²) in [5.74, 6) is 0.197. The van der Waals surface area contributed by atoms with Gasteiger partial charge in [-0.15, -0.1) is 0 Å². The van der Waals surface area contributed by atoms with Crippen LogP contribution in [0.15, 0.2) is 41.3 Å². The monoisotopic (exact) mass is 336 g/mol. The molecule has 1 aliphatic heterocycles. The number of aryl methyl sites for hydroxylation is 1. The topological polar surface area (TPSA) is 58.6 Å². The number of anilines is 2. The molecule has 2 aromatic rings. The Morgan fingerprint density at radius 2 is 2.00 bits per heavy atom. The fourth-order valence-corrected chi connectivity index (χ4v) is 3.44. The van der Waals surface area contributed by atoms with Crippen LogP contribution < -0.4 is 14.4 Å². The number of nitrogens with one attached hydrogen (secondary N) is 1. The van der Waals surface area contributed by atoms with Crippen molar-refractivity contribution in [1.82, 2.24) is 0 Å². The minimum atomic E-state index is -3.80. The van der Waals surface area contributed by atoms with Crippen LogP contribution in [0.1, 0.15) is 5.56 Å². The SMILES string of the molecule is Cc1ccc(NS(=O)(=O)c2ccc3c(c2)N(C)CCO3)cc1F. The average molecular weight is 336 g/mol. The van der Waals surface area contributed by atoms with Gasteiger partial charge in [-0.25, -0.2) is 12.8 Å². The molecule has 2 aromatic carbocycles. The fourth-order valence-electron chi connectivity index (χ4n) is 2.37. The maximum absolute atomic E-state index is 13.6. The summed E-state index contributed by atoms with van der Waals surface area (Å²) in [5.41, 5.74) is 1.37. The minimum Gasteiger partial charge on any atom is -0.490 e. The molecular weight excluding hydrogens is 319 g/mol. The van der Waals surface area contributed by atoms with E-state index < -0.39 is 15.8 Å². The first-order valence-electron chi connectivity index (χ1n) is 7.14. The molecule has 122 valence electrons. The lowest BCUT2D eigenvalue weighted by atomic mass is 10.2. The number of rotatable bonds is 3. The average Bonchev–Trinajstić information content (AvgIpc) is 2.51. The number of sulfonamides is 1. The number of nitrogens with zero attached hydrogens (tertiary/aromatic N) is 1. The van der Waals surface area contributed by atoms with Gasteiger partial charge in [0.2, 0.25) is 0 Å². The van der Waals surface area contributed by atoms with Crippen LogP contribution in [0, 0.1) is 12.7 Å². The van der Waals surface area contributed by atoms with Gasteiger partial charge in [-0.2, -0.15) is 0 Å². The van der Waals surface area contributed by atoms with Gasteiger partial charge in [0.1, 0.15) is 18.2 Å². The van der Waals surface area contributed by atoms with Gasteiger partial charge in [0.15, 0.2) is 0 Å². The molecule has 0 fully saturated rings. The lowest BCUT2D eigenvalue weighted by molar-refractivity contribution is 0.311. The molecule has 0 radical (unpaired) electrons. The van der Waals surface area contributed by atoms with Gasteiger partial charge in [-0.1, -0.05) is 6.07 Å². The highest BCUT2D eigenvalue weighted by molar-refractivity contribution is 7.92. The molecule has 0 spiro atoms. The van der Waals surface area contributed by atoms with Crippen LogP contribution in [0.4, 0.5) is 15.8 Å². The normalized spacial score (nSPS) is 14.1. The van der Waals surface area contributed by atoms with Gasteiger partial charge in [-0.05, 0) is 42.8 Å². The number of fused-ring (bicyclic) bond motifs is 1. The van der Waals surface area contributed by atoms with Crippen molar-refractivity contribution < 1.29 is 17.5 Å². The molecule has 1 N–H and O–H groups in total. The third kappa shape index (κ3) is 3.10. The highest BCUT2D eigenvalue weighted by Crippen LogP contribution is 2.33. The molecule has 3 rings (SSSR count). The zero-order chi connectivity index (χ0) is 16.6. The van der Waals surface area contributed by atoms with Crippen LogP contribution in [0.3, 0.4) is 0 Å². The molecule has 0 aliphatic carbocycles. The lowest BCUT2D eigenvalue weighted by Gasteiger charge is -2.28. The van der Waals surface area contributed by atoms with Crippen molar-refractivity contribution in [3.63, 3.8) is 0 Å². The third-order valence-corrected chi connectivity index (χ3v) is 5.14. The van der Waals surface area contributed by atoms with Gasteiger partial charge in [0.05, 0.1) is 22.8 Å². The van der Waals surface area contributed by atoms with E-state index in [1.165, 1.54) is 24.3 Å². The standard InChI is InChI=1S/C16H17FN2O3S/c1-11-3-4-12(9-14(11)17)18-23(20,21)13-5-6-16-15(10-13)19(2)7-8-22-16/h3-6,9-10,18H,7-8H2,1-2H3. The summed E-state index contributed by atoms with van der Waals surface area (Å²) in [6.07, 6.45) is 0. The Kier molecular flexibility index (Phi) is 3.89. The van der Waals surface area contributed by atoms with Crippen molar-refractivity contribution in [2.45, 2.75) is 11.8 Å². The van der Waals surface area contributed by atoms with Gasteiger partial charge < -0.3 is 9.64 Å². The highest BCUT2D eigenvalue weighted by atomic mass is 32.2. The lowest BCUT2D eigenvalue weighted by Crippen LogP contribution is -2.29. The Morgan fingerprint density at radius 1 is 1.22 bits per heavy atom. The van der Waals surface area contributed by atoms with E-state index in [4.69, 9.17) is 4.74 Å². The van der Waals surface area contributed by atoms with Crippen LogP contribution in [-0.2, 0) is 10.0 Å². The number of benzene rings is 2. The van der Waals surface area contributed by atoms with E-state index in [-0.39, 0.29) is 10.6 Å². The van der Waals surface area contributed by atoms with Crippen LogP contribution in [0.2, 0.25) is 0 Å². The second-order valence-corrected chi connectivity index (χ2v) is 7.15. The predicted octanol–water partition coefficient (Wildman–Crippen LogP) is 2.76. The summed E-state index contributed by atoms with van der Waals surface area (Å²) >= 11 is 0. The summed E-state index contributed by atoms with van der Waals surface area (Å²) in [6.45, 7) is 2.87. The Balaban J connectivity index is 1.93. The number of halogens is 1. The first kappa shape index (κ1) is 15.6. The summed E-state index contributed by atoms with van der Waals surface area (Å²) in [5, 5.41) is 0. The van der Waals surface area contributed by atoms with Crippen molar-refractivity contribution in [3.05, 3.63) is 47.8 Å². The molecular formula is C16H17FN2O3S. The molecule has 7 heteroatoms. The van der Waals surface area contributed by atoms with Crippen molar-refractivity contribution in [1.29, 1.82) is 0 Å². The summed E-state index contributed by atoms with van der Waals surface area (Å²) in [7, 11) is -1.92. The highest BCUT2D eigenvalue weighted by Gasteiger charge is 2.21. The van der Waals surface area contributed by atoms with E-state index in [9.17, 15) is 12.8 Å². The number of likely N-dealkylation sites (N-methyl/N-ethyl adjacent to an activating group) is 1. The molecule has 0 unspecified atom stereocenters. The maximum atomic E-state index is 13.6. The Morgan fingerprint density at radius 3 is 2.74 bits per heavy atom. The van der Waals surface area contributed by atoms with Gasteiger partial charge in [0, 0.05) is 7.05 Å². The third-order valence-electron chi connectivity index (χ3n) is 3.76. The zero-order valence-corrected chi connectivity index (χ0v) is 13.7. The number of ether oxygens (including phenoxy) is 1. The number of hydrogen-bond acceptors (Lipinski definition) is 4. The van der Waals surface area contributed by atoms with Crippen LogP contribution in [-0.4, -0.2) is 28.6 Å². The molecule has 0 bridgehead atoms. The molecule has 0 saturated carbocycles. The van der Waals surface area contributed by atoms with Crippen molar-refractivity contribution in [2.24, 2.45) is 0 Å². The second kappa shape index (κ2) is 5.73. The van der Waals surface area contributed by atoms with Crippen LogP contribution in [0.5, 0.6) is 5.75 Å². The summed E-state index contributed by atoms with van der Waals surface area (Å²) in [6, 6.07) is 8.90.